The molecule has 4 atom stereocenters. The average molecular weight is 274 g/mol. The molecule has 2 nitrogen and oxygen atoms in total. The van der Waals surface area contributed by atoms with Crippen molar-refractivity contribution in [2.45, 2.75) is 34.7 Å². The molecule has 0 unspecified atom stereocenters. The first-order chi connectivity index (χ1) is 4.61. The largest absolute Gasteiger partial charge is 0.390 e. The third kappa shape index (κ3) is 1.94. The van der Waals surface area contributed by atoms with Gasteiger partial charge in [0, 0.05) is 9.65 Å². The minimum absolute atomic E-state index is 0.283. The fourth-order valence-corrected chi connectivity index (χ4v) is 2.27. The molecule has 0 aromatic rings. The lowest BCUT2D eigenvalue weighted by Gasteiger charge is -2.30. The lowest BCUT2D eigenvalue weighted by atomic mass is 9.95. The van der Waals surface area contributed by atoms with Crippen molar-refractivity contribution < 1.29 is 10.2 Å². The van der Waals surface area contributed by atoms with Crippen LogP contribution in [-0.4, -0.2) is 32.1 Å². The molecule has 1 fully saturated rings. The van der Waals surface area contributed by atoms with E-state index in [4.69, 9.17) is 10.2 Å². The van der Waals surface area contributed by atoms with Crippen molar-refractivity contribution in [2.75, 3.05) is 0 Å². The Bertz CT molecular complexity index is 94.3. The van der Waals surface area contributed by atoms with Crippen LogP contribution in [0.5, 0.6) is 0 Å². The van der Waals surface area contributed by atoms with E-state index in [1.165, 1.54) is 0 Å². The lowest BCUT2D eigenvalue weighted by Crippen LogP contribution is -2.39. The van der Waals surface area contributed by atoms with Gasteiger partial charge in [0.25, 0.3) is 0 Å². The van der Waals surface area contributed by atoms with E-state index in [1.54, 1.807) is 0 Å². The highest BCUT2D eigenvalue weighted by atomic mass is 79.9. The lowest BCUT2D eigenvalue weighted by molar-refractivity contribution is -0.00392. The monoisotopic (exact) mass is 272 g/mol. The van der Waals surface area contributed by atoms with Gasteiger partial charge < -0.3 is 10.2 Å². The Hall–Kier alpha value is 0.880. The topological polar surface area (TPSA) is 40.5 Å². The molecule has 0 aromatic heterocycles. The highest BCUT2D eigenvalue weighted by molar-refractivity contribution is 9.12. The van der Waals surface area contributed by atoms with E-state index < -0.39 is 12.2 Å². The van der Waals surface area contributed by atoms with Crippen molar-refractivity contribution >= 4 is 31.9 Å². The van der Waals surface area contributed by atoms with Crippen molar-refractivity contribution in [1.29, 1.82) is 0 Å². The van der Waals surface area contributed by atoms with Crippen molar-refractivity contribution in [1.82, 2.24) is 0 Å². The standard InChI is InChI=1S/C6H10Br2O2/c7-3-1-5(9)6(10)2-4(3)8/h3-6,9-10H,1-2H2/t3-,4-,5-,6+/m1/s1. The summed E-state index contributed by atoms with van der Waals surface area (Å²) in [6, 6.07) is 0. The Morgan fingerprint density at radius 1 is 0.900 bits per heavy atom. The quantitative estimate of drug-likeness (QED) is 0.648. The molecule has 0 spiro atoms. The van der Waals surface area contributed by atoms with Crippen LogP contribution in [0.15, 0.2) is 0 Å². The molecule has 1 aliphatic rings. The molecule has 10 heavy (non-hydrogen) atoms. The smallest absolute Gasteiger partial charge is 0.0810 e. The third-order valence-corrected chi connectivity index (χ3v) is 4.50. The Labute approximate surface area is 76.9 Å². The number of rotatable bonds is 0. The highest BCUT2D eigenvalue weighted by Crippen LogP contribution is 2.30. The summed E-state index contributed by atoms with van der Waals surface area (Å²) in [5.41, 5.74) is 0. The van der Waals surface area contributed by atoms with Crippen LogP contribution in [0.1, 0.15) is 12.8 Å². The second-order valence-electron chi connectivity index (χ2n) is 2.64. The molecule has 4 heteroatoms. The van der Waals surface area contributed by atoms with Gasteiger partial charge in [-0.2, -0.15) is 0 Å². The number of alkyl halides is 2. The molecule has 60 valence electrons. The molecule has 0 radical (unpaired) electrons. The van der Waals surface area contributed by atoms with E-state index >= 15 is 0 Å². The van der Waals surface area contributed by atoms with Crippen LogP contribution in [0, 0.1) is 0 Å². The van der Waals surface area contributed by atoms with Crippen LogP contribution in [0.2, 0.25) is 0 Å². The number of halogens is 2. The molecular weight excluding hydrogens is 264 g/mol. The van der Waals surface area contributed by atoms with Gasteiger partial charge in [0.1, 0.15) is 0 Å². The minimum atomic E-state index is -0.557. The number of hydrogen-bond acceptors (Lipinski definition) is 2. The predicted octanol–water partition coefficient (Wildman–Crippen LogP) is 1.03. The van der Waals surface area contributed by atoms with Crippen LogP contribution in [0.25, 0.3) is 0 Å². The summed E-state index contributed by atoms with van der Waals surface area (Å²) in [4.78, 5) is 0.566. The zero-order valence-electron chi connectivity index (χ0n) is 5.37. The molecule has 0 aromatic carbocycles. The van der Waals surface area contributed by atoms with Gasteiger partial charge in [-0.25, -0.2) is 0 Å². The normalized spacial score (nSPS) is 49.2. The van der Waals surface area contributed by atoms with Gasteiger partial charge in [-0.1, -0.05) is 31.9 Å². The molecule has 2 N–H and O–H groups in total. The molecule has 1 aliphatic carbocycles. The van der Waals surface area contributed by atoms with Gasteiger partial charge in [0.05, 0.1) is 12.2 Å². The molecule has 0 amide bonds. The maximum absolute atomic E-state index is 9.17. The summed E-state index contributed by atoms with van der Waals surface area (Å²) in [7, 11) is 0. The van der Waals surface area contributed by atoms with E-state index in [-0.39, 0.29) is 9.65 Å². The van der Waals surface area contributed by atoms with Crippen molar-refractivity contribution in [3.63, 3.8) is 0 Å². The molecule has 0 aliphatic heterocycles. The fourth-order valence-electron chi connectivity index (χ4n) is 1.07. The fraction of sp³-hybridized carbons (Fsp3) is 1.00. The Morgan fingerprint density at radius 2 is 1.20 bits per heavy atom. The zero-order chi connectivity index (χ0) is 7.72. The van der Waals surface area contributed by atoms with Crippen molar-refractivity contribution in [3.05, 3.63) is 0 Å². The molecule has 0 saturated heterocycles. The summed E-state index contributed by atoms with van der Waals surface area (Å²) in [6.45, 7) is 0. The summed E-state index contributed by atoms with van der Waals surface area (Å²) < 4.78 is 0. The Balaban J connectivity index is 2.46. The van der Waals surface area contributed by atoms with Gasteiger partial charge in [-0.15, -0.1) is 0 Å². The van der Waals surface area contributed by atoms with Gasteiger partial charge in [-0.05, 0) is 12.8 Å². The summed E-state index contributed by atoms with van der Waals surface area (Å²) in [6.07, 6.45) is 0.130. The zero-order valence-corrected chi connectivity index (χ0v) is 8.55. The van der Waals surface area contributed by atoms with Crippen LogP contribution >= 0.6 is 31.9 Å². The minimum Gasteiger partial charge on any atom is -0.390 e. The Morgan fingerprint density at radius 3 is 1.50 bits per heavy atom. The summed E-state index contributed by atoms with van der Waals surface area (Å²) in [5.74, 6) is 0. The summed E-state index contributed by atoms with van der Waals surface area (Å²) >= 11 is 6.81. The highest BCUT2D eigenvalue weighted by Gasteiger charge is 2.32. The molecule has 0 heterocycles. The molecule has 1 saturated carbocycles. The van der Waals surface area contributed by atoms with Gasteiger partial charge >= 0.3 is 0 Å². The number of aliphatic hydroxyl groups excluding tert-OH is 2. The average Bonchev–Trinajstić information content (AvgIpc) is 1.84. The van der Waals surface area contributed by atoms with Crippen molar-refractivity contribution in [2.24, 2.45) is 0 Å². The maximum Gasteiger partial charge on any atom is 0.0810 e. The van der Waals surface area contributed by atoms with Gasteiger partial charge in [0.2, 0.25) is 0 Å². The SMILES string of the molecule is O[C@@H]1C[C@@H](Br)[C@H](Br)C[C@@H]1O. The molecular formula is C6H10Br2O2. The Kier molecular flexibility index (Phi) is 3.16. The van der Waals surface area contributed by atoms with Crippen LogP contribution < -0.4 is 0 Å². The van der Waals surface area contributed by atoms with Crippen LogP contribution in [-0.2, 0) is 0 Å². The van der Waals surface area contributed by atoms with Crippen LogP contribution in [0.3, 0.4) is 0 Å². The second-order valence-corrected chi connectivity index (χ2v) is 4.99. The molecule has 0 bridgehead atoms. The van der Waals surface area contributed by atoms with Crippen LogP contribution in [0.4, 0.5) is 0 Å². The van der Waals surface area contributed by atoms with E-state index in [2.05, 4.69) is 31.9 Å². The first-order valence-corrected chi connectivity index (χ1v) is 5.08. The number of hydrogen-bond donors (Lipinski definition) is 2. The van der Waals surface area contributed by atoms with E-state index in [1.807, 2.05) is 0 Å². The van der Waals surface area contributed by atoms with E-state index in [0.717, 1.165) is 0 Å². The third-order valence-electron chi connectivity index (χ3n) is 1.77. The van der Waals surface area contributed by atoms with Gasteiger partial charge in [0.15, 0.2) is 0 Å². The maximum atomic E-state index is 9.17. The predicted molar refractivity (Wildman–Crippen MR) is 46.7 cm³/mol. The second kappa shape index (κ2) is 3.52. The van der Waals surface area contributed by atoms with Crippen molar-refractivity contribution in [3.8, 4) is 0 Å². The van der Waals surface area contributed by atoms with Gasteiger partial charge in [-0.3, -0.25) is 0 Å². The van der Waals surface area contributed by atoms with E-state index in [0.29, 0.717) is 12.8 Å². The van der Waals surface area contributed by atoms with E-state index in [9.17, 15) is 0 Å². The first-order valence-electron chi connectivity index (χ1n) is 3.25. The first kappa shape index (κ1) is 8.97. The summed E-state index contributed by atoms with van der Waals surface area (Å²) in [5, 5.41) is 18.3. The number of aliphatic hydroxyl groups is 2. The molecule has 1 rings (SSSR count).